The summed E-state index contributed by atoms with van der Waals surface area (Å²) in [4.78, 5) is 4.71. The molecular weight excluding hydrogens is 270 g/mol. The number of aryl methyl sites for hydroxylation is 1. The Morgan fingerprint density at radius 3 is 2.95 bits per heavy atom. The van der Waals surface area contributed by atoms with E-state index in [2.05, 4.69) is 26.2 Å². The van der Waals surface area contributed by atoms with Gasteiger partial charge in [-0.2, -0.15) is 0 Å². The summed E-state index contributed by atoms with van der Waals surface area (Å²) in [5.41, 5.74) is 1.30. The van der Waals surface area contributed by atoms with Gasteiger partial charge in [-0.05, 0) is 18.9 Å². The summed E-state index contributed by atoms with van der Waals surface area (Å²) in [5.74, 6) is 0.936. The number of nitrogens with zero attached hydrogens (tertiary/aromatic N) is 1. The lowest BCUT2D eigenvalue weighted by Gasteiger charge is -2.31. The van der Waals surface area contributed by atoms with Gasteiger partial charge in [-0.3, -0.25) is 0 Å². The van der Waals surface area contributed by atoms with E-state index < -0.39 is 5.60 Å². The predicted molar refractivity (Wildman–Crippen MR) is 80.1 cm³/mol. The van der Waals surface area contributed by atoms with Crippen LogP contribution in [0.5, 0.6) is 0 Å². The summed E-state index contributed by atoms with van der Waals surface area (Å²) >= 11 is 1.64. The molecule has 108 valence electrons. The predicted octanol–water partition coefficient (Wildman–Crippen LogP) is 3.80. The summed E-state index contributed by atoms with van der Waals surface area (Å²) in [7, 11) is 0. The lowest BCUT2D eigenvalue weighted by molar-refractivity contribution is 0.0168. The van der Waals surface area contributed by atoms with Gasteiger partial charge in [-0.15, -0.1) is 11.3 Å². The number of hydrogen-bond acceptors (Lipinski definition) is 4. The van der Waals surface area contributed by atoms with E-state index in [0.29, 0.717) is 6.42 Å². The van der Waals surface area contributed by atoms with Gasteiger partial charge in [0.25, 0.3) is 0 Å². The third-order valence-corrected chi connectivity index (χ3v) is 4.85. The molecule has 3 rings (SSSR count). The Labute approximate surface area is 123 Å². The zero-order valence-corrected chi connectivity index (χ0v) is 13.1. The third kappa shape index (κ3) is 2.42. The lowest BCUT2D eigenvalue weighted by Crippen LogP contribution is -2.32. The molecule has 0 bridgehead atoms. The molecule has 0 radical (unpaired) electrons. The Bertz CT molecular complexity index is 608. The van der Waals surface area contributed by atoms with Crippen molar-refractivity contribution in [3.8, 4) is 0 Å². The highest BCUT2D eigenvalue weighted by molar-refractivity contribution is 7.09. The molecule has 1 N–H and O–H groups in total. The molecule has 0 amide bonds. The van der Waals surface area contributed by atoms with Crippen molar-refractivity contribution in [1.82, 2.24) is 4.98 Å². The second-order valence-corrected chi connectivity index (χ2v) is 7.64. The summed E-state index contributed by atoms with van der Waals surface area (Å²) in [5, 5.41) is 14.1. The Hall–Kier alpha value is -1.13. The Morgan fingerprint density at radius 1 is 1.45 bits per heavy atom. The van der Waals surface area contributed by atoms with Gasteiger partial charge >= 0.3 is 0 Å². The van der Waals surface area contributed by atoms with Gasteiger partial charge < -0.3 is 9.52 Å². The fourth-order valence-electron chi connectivity index (χ4n) is 2.80. The highest BCUT2D eigenvalue weighted by atomic mass is 32.1. The first kappa shape index (κ1) is 13.8. The minimum Gasteiger partial charge on any atom is -0.469 e. The van der Waals surface area contributed by atoms with Crippen LogP contribution in [0.25, 0.3) is 0 Å². The molecule has 1 aliphatic rings. The van der Waals surface area contributed by atoms with Crippen molar-refractivity contribution >= 4 is 11.3 Å². The van der Waals surface area contributed by atoms with Crippen LogP contribution in [0.15, 0.2) is 22.1 Å². The molecule has 1 unspecified atom stereocenters. The fraction of sp³-hybridized carbons (Fsp3) is 0.562. The van der Waals surface area contributed by atoms with E-state index in [9.17, 15) is 5.11 Å². The van der Waals surface area contributed by atoms with E-state index in [1.807, 2.05) is 6.07 Å². The summed E-state index contributed by atoms with van der Waals surface area (Å²) < 4.78 is 5.47. The Balaban J connectivity index is 1.87. The van der Waals surface area contributed by atoms with Gasteiger partial charge in [-0.1, -0.05) is 20.8 Å². The van der Waals surface area contributed by atoms with E-state index in [-0.39, 0.29) is 5.41 Å². The number of thiazole rings is 1. The molecule has 0 aliphatic heterocycles. The molecule has 0 aromatic carbocycles. The van der Waals surface area contributed by atoms with Gasteiger partial charge in [0.1, 0.15) is 5.76 Å². The van der Waals surface area contributed by atoms with Gasteiger partial charge in [0.05, 0.1) is 22.6 Å². The molecule has 0 saturated heterocycles. The summed E-state index contributed by atoms with van der Waals surface area (Å²) in [6.45, 7) is 6.49. The van der Waals surface area contributed by atoms with Crippen LogP contribution in [0.1, 0.15) is 55.6 Å². The number of furan rings is 1. The lowest BCUT2D eigenvalue weighted by atomic mass is 9.81. The Morgan fingerprint density at radius 2 is 2.25 bits per heavy atom. The number of rotatable bonds is 2. The van der Waals surface area contributed by atoms with E-state index in [4.69, 9.17) is 9.40 Å². The molecule has 1 aliphatic carbocycles. The zero-order chi connectivity index (χ0) is 14.4. The number of fused-ring (bicyclic) bond motifs is 1. The molecule has 0 spiro atoms. The zero-order valence-electron chi connectivity index (χ0n) is 12.3. The van der Waals surface area contributed by atoms with Gasteiger partial charge in [0.15, 0.2) is 0 Å². The smallest absolute Gasteiger partial charge is 0.109 e. The second kappa shape index (κ2) is 4.71. The molecule has 0 fully saturated rings. The molecular formula is C16H21NO2S. The van der Waals surface area contributed by atoms with Crippen LogP contribution in [0.4, 0.5) is 0 Å². The van der Waals surface area contributed by atoms with Crippen molar-refractivity contribution in [1.29, 1.82) is 0 Å². The summed E-state index contributed by atoms with van der Waals surface area (Å²) in [6.07, 6.45) is 4.94. The van der Waals surface area contributed by atoms with Crippen molar-refractivity contribution in [2.75, 3.05) is 0 Å². The number of aromatic nitrogens is 1. The fourth-order valence-corrected chi connectivity index (χ4v) is 3.92. The van der Waals surface area contributed by atoms with Crippen molar-refractivity contribution in [3.63, 3.8) is 0 Å². The monoisotopic (exact) mass is 291 g/mol. The van der Waals surface area contributed by atoms with Crippen LogP contribution in [0, 0.1) is 0 Å². The Kier molecular flexibility index (Phi) is 3.26. The van der Waals surface area contributed by atoms with Gasteiger partial charge in [-0.25, -0.2) is 4.98 Å². The first-order chi connectivity index (χ1) is 9.38. The van der Waals surface area contributed by atoms with E-state index in [1.165, 1.54) is 0 Å². The second-order valence-electron chi connectivity index (χ2n) is 6.70. The quantitative estimate of drug-likeness (QED) is 0.915. The number of hydrogen-bond donors (Lipinski definition) is 1. The van der Waals surface area contributed by atoms with Crippen LogP contribution in [0.3, 0.4) is 0 Å². The average Bonchev–Trinajstić information content (AvgIpc) is 2.96. The largest absolute Gasteiger partial charge is 0.469 e. The molecule has 2 aromatic heterocycles. The third-order valence-electron chi connectivity index (χ3n) is 4.00. The SMILES string of the molecule is CC(C)(C)c1csc(CC2(O)CCCc3occc32)n1. The maximum Gasteiger partial charge on any atom is 0.109 e. The first-order valence-corrected chi connectivity index (χ1v) is 8.01. The average molecular weight is 291 g/mol. The van der Waals surface area contributed by atoms with E-state index >= 15 is 0 Å². The van der Waals surface area contributed by atoms with Crippen molar-refractivity contribution < 1.29 is 9.52 Å². The topological polar surface area (TPSA) is 46.3 Å². The minimum absolute atomic E-state index is 0.0603. The van der Waals surface area contributed by atoms with Gasteiger partial charge in [0.2, 0.25) is 0 Å². The number of aliphatic hydroxyl groups is 1. The van der Waals surface area contributed by atoms with Crippen molar-refractivity contribution in [2.24, 2.45) is 0 Å². The van der Waals surface area contributed by atoms with Crippen LogP contribution in [-0.4, -0.2) is 10.1 Å². The molecule has 0 saturated carbocycles. The molecule has 1 atom stereocenters. The van der Waals surface area contributed by atoms with E-state index in [0.717, 1.165) is 41.3 Å². The van der Waals surface area contributed by atoms with Gasteiger partial charge in [0, 0.05) is 29.2 Å². The van der Waals surface area contributed by atoms with Crippen LogP contribution in [0.2, 0.25) is 0 Å². The highest BCUT2D eigenvalue weighted by Gasteiger charge is 2.37. The van der Waals surface area contributed by atoms with Crippen LogP contribution in [-0.2, 0) is 23.9 Å². The first-order valence-electron chi connectivity index (χ1n) is 7.13. The van der Waals surface area contributed by atoms with Crippen LogP contribution >= 0.6 is 11.3 Å². The maximum atomic E-state index is 11.0. The van der Waals surface area contributed by atoms with Crippen LogP contribution < -0.4 is 0 Å². The molecule has 4 heteroatoms. The minimum atomic E-state index is -0.812. The summed E-state index contributed by atoms with van der Waals surface area (Å²) in [6, 6.07) is 1.91. The maximum absolute atomic E-state index is 11.0. The molecule has 20 heavy (non-hydrogen) atoms. The molecule has 3 nitrogen and oxygen atoms in total. The van der Waals surface area contributed by atoms with E-state index in [1.54, 1.807) is 17.6 Å². The molecule has 2 heterocycles. The van der Waals surface area contributed by atoms with Crippen molar-refractivity contribution in [3.05, 3.63) is 39.7 Å². The standard InChI is InChI=1S/C16H21NO2S/c1-15(2,3)13-10-20-14(17-13)9-16(18)7-4-5-12-11(16)6-8-19-12/h6,8,10,18H,4-5,7,9H2,1-3H3. The normalized spacial score (nSPS) is 22.8. The molecule has 2 aromatic rings. The highest BCUT2D eigenvalue weighted by Crippen LogP contribution is 2.39. The van der Waals surface area contributed by atoms with Crippen molar-refractivity contribution in [2.45, 2.75) is 57.5 Å².